The lowest BCUT2D eigenvalue weighted by Gasteiger charge is -2.30. The summed E-state index contributed by atoms with van der Waals surface area (Å²) in [5.74, 6) is -0.514. The highest BCUT2D eigenvalue weighted by Gasteiger charge is 2.29. The Morgan fingerprint density at radius 2 is 1.95 bits per heavy atom. The second-order valence-corrected chi connectivity index (χ2v) is 7.65. The molecule has 0 heterocycles. The Hall–Kier alpha value is -0.980. The largest absolute Gasteiger partial charge is 0.330 e. The molecule has 0 unspecified atom stereocenters. The van der Waals surface area contributed by atoms with Gasteiger partial charge in [-0.15, -0.1) is 0 Å². The average molecular weight is 302 g/mol. The van der Waals surface area contributed by atoms with E-state index in [1.165, 1.54) is 16.4 Å². The number of sulfonamides is 1. The molecule has 0 amide bonds. The van der Waals surface area contributed by atoms with E-state index in [4.69, 9.17) is 5.73 Å². The van der Waals surface area contributed by atoms with Gasteiger partial charge in [0, 0.05) is 13.1 Å². The fourth-order valence-electron chi connectivity index (χ4n) is 1.79. The third-order valence-electron chi connectivity index (χ3n) is 3.29. The van der Waals surface area contributed by atoms with Crippen molar-refractivity contribution in [3.8, 4) is 0 Å². The summed E-state index contributed by atoms with van der Waals surface area (Å²) in [6.45, 7) is 8.16. The third kappa shape index (κ3) is 3.77. The fraction of sp³-hybridized carbons (Fsp3) is 0.571. The first-order valence-electron chi connectivity index (χ1n) is 6.60. The summed E-state index contributed by atoms with van der Waals surface area (Å²) in [5.41, 5.74) is 5.75. The summed E-state index contributed by atoms with van der Waals surface area (Å²) >= 11 is 0. The van der Waals surface area contributed by atoms with E-state index in [0.29, 0.717) is 25.2 Å². The Bertz CT molecular complexity index is 571. The first-order chi connectivity index (χ1) is 9.14. The van der Waals surface area contributed by atoms with Crippen LogP contribution in [-0.2, 0) is 10.0 Å². The first-order valence-corrected chi connectivity index (χ1v) is 8.04. The van der Waals surface area contributed by atoms with Crippen molar-refractivity contribution < 1.29 is 12.8 Å². The van der Waals surface area contributed by atoms with E-state index in [-0.39, 0.29) is 10.3 Å². The van der Waals surface area contributed by atoms with Crippen molar-refractivity contribution in [2.45, 2.75) is 32.6 Å². The molecule has 114 valence electrons. The predicted molar refractivity (Wildman–Crippen MR) is 78.4 cm³/mol. The third-order valence-corrected chi connectivity index (χ3v) is 5.21. The standard InChI is InChI=1S/C14H23FN2O2S/c1-5-17(10-14(3,4)9-16)20(18,19)12-7-6-11(2)13(15)8-12/h6-8H,5,9-10,16H2,1-4H3. The molecular formula is C14H23FN2O2S. The minimum Gasteiger partial charge on any atom is -0.330 e. The van der Waals surface area contributed by atoms with Crippen LogP contribution < -0.4 is 5.73 Å². The lowest BCUT2D eigenvalue weighted by Crippen LogP contribution is -2.41. The summed E-state index contributed by atoms with van der Waals surface area (Å²) in [6, 6.07) is 3.98. The van der Waals surface area contributed by atoms with E-state index >= 15 is 0 Å². The molecule has 0 aliphatic carbocycles. The molecule has 0 saturated heterocycles. The molecule has 0 fully saturated rings. The monoisotopic (exact) mass is 302 g/mol. The molecule has 0 aliphatic heterocycles. The van der Waals surface area contributed by atoms with E-state index < -0.39 is 15.8 Å². The maximum Gasteiger partial charge on any atom is 0.243 e. The van der Waals surface area contributed by atoms with Crippen LogP contribution in [0.15, 0.2) is 23.1 Å². The zero-order chi connectivity index (χ0) is 15.6. The number of nitrogens with two attached hydrogens (primary N) is 1. The molecule has 4 nitrogen and oxygen atoms in total. The highest BCUT2D eigenvalue weighted by molar-refractivity contribution is 7.89. The van der Waals surface area contributed by atoms with Crippen LogP contribution in [0.3, 0.4) is 0 Å². The Labute approximate surface area is 120 Å². The molecule has 0 spiro atoms. The van der Waals surface area contributed by atoms with E-state index in [2.05, 4.69) is 0 Å². The molecule has 20 heavy (non-hydrogen) atoms. The Morgan fingerprint density at radius 1 is 1.35 bits per heavy atom. The molecular weight excluding hydrogens is 279 g/mol. The average Bonchev–Trinajstić information content (AvgIpc) is 2.39. The number of aryl methyl sites for hydroxylation is 1. The van der Waals surface area contributed by atoms with Crippen LogP contribution in [0.25, 0.3) is 0 Å². The number of halogens is 1. The summed E-state index contributed by atoms with van der Waals surface area (Å²) in [7, 11) is -3.70. The first kappa shape index (κ1) is 17.1. The lowest BCUT2D eigenvalue weighted by molar-refractivity contribution is 0.273. The van der Waals surface area contributed by atoms with Crippen LogP contribution in [0, 0.1) is 18.2 Å². The van der Waals surface area contributed by atoms with Gasteiger partial charge in [0.15, 0.2) is 0 Å². The molecule has 1 rings (SSSR count). The molecule has 0 radical (unpaired) electrons. The van der Waals surface area contributed by atoms with Gasteiger partial charge in [0.1, 0.15) is 5.82 Å². The van der Waals surface area contributed by atoms with E-state index in [0.717, 1.165) is 6.07 Å². The maximum absolute atomic E-state index is 13.6. The van der Waals surface area contributed by atoms with Crippen molar-refractivity contribution in [1.29, 1.82) is 0 Å². The molecule has 6 heteroatoms. The second-order valence-electron chi connectivity index (χ2n) is 5.71. The minimum absolute atomic E-state index is 0.0183. The zero-order valence-corrected chi connectivity index (χ0v) is 13.3. The smallest absolute Gasteiger partial charge is 0.243 e. The van der Waals surface area contributed by atoms with Gasteiger partial charge in [-0.2, -0.15) is 4.31 Å². The lowest BCUT2D eigenvalue weighted by atomic mass is 9.94. The van der Waals surface area contributed by atoms with Gasteiger partial charge in [-0.25, -0.2) is 12.8 Å². The van der Waals surface area contributed by atoms with Crippen LogP contribution in [0.4, 0.5) is 4.39 Å². The number of hydrogen-bond acceptors (Lipinski definition) is 3. The number of hydrogen-bond donors (Lipinski definition) is 1. The van der Waals surface area contributed by atoms with Crippen molar-refractivity contribution in [1.82, 2.24) is 4.31 Å². The van der Waals surface area contributed by atoms with Gasteiger partial charge >= 0.3 is 0 Å². The molecule has 0 atom stereocenters. The van der Waals surface area contributed by atoms with Crippen LogP contribution >= 0.6 is 0 Å². The zero-order valence-electron chi connectivity index (χ0n) is 12.5. The topological polar surface area (TPSA) is 63.4 Å². The fourth-order valence-corrected chi connectivity index (χ4v) is 3.44. The minimum atomic E-state index is -3.70. The molecule has 0 bridgehead atoms. The van der Waals surface area contributed by atoms with Crippen molar-refractivity contribution in [2.75, 3.05) is 19.6 Å². The van der Waals surface area contributed by atoms with Crippen LogP contribution in [0.1, 0.15) is 26.3 Å². The Kier molecular flexibility index (Phi) is 5.29. The summed E-state index contributed by atoms with van der Waals surface area (Å²) < 4.78 is 40.0. The quantitative estimate of drug-likeness (QED) is 0.875. The molecule has 1 aromatic carbocycles. The van der Waals surface area contributed by atoms with E-state index in [9.17, 15) is 12.8 Å². The van der Waals surface area contributed by atoms with Crippen molar-refractivity contribution in [3.05, 3.63) is 29.6 Å². The van der Waals surface area contributed by atoms with Gasteiger partial charge in [0.05, 0.1) is 4.90 Å². The number of benzene rings is 1. The normalized spacial score (nSPS) is 12.9. The Morgan fingerprint density at radius 3 is 2.40 bits per heavy atom. The second kappa shape index (κ2) is 6.20. The van der Waals surface area contributed by atoms with Crippen LogP contribution in [-0.4, -0.2) is 32.4 Å². The molecule has 1 aromatic rings. The molecule has 2 N–H and O–H groups in total. The van der Waals surface area contributed by atoms with Gasteiger partial charge in [0.2, 0.25) is 10.0 Å². The predicted octanol–water partition coefficient (Wildman–Crippen LogP) is 2.13. The van der Waals surface area contributed by atoms with E-state index in [1.807, 2.05) is 13.8 Å². The summed E-state index contributed by atoms with van der Waals surface area (Å²) in [6.07, 6.45) is 0. The number of rotatable bonds is 6. The SMILES string of the molecule is CCN(CC(C)(C)CN)S(=O)(=O)c1ccc(C)c(F)c1. The van der Waals surface area contributed by atoms with Gasteiger partial charge in [-0.3, -0.25) is 0 Å². The van der Waals surface area contributed by atoms with Gasteiger partial charge in [-0.1, -0.05) is 26.8 Å². The number of nitrogens with zero attached hydrogens (tertiary/aromatic N) is 1. The van der Waals surface area contributed by atoms with Crippen molar-refractivity contribution in [3.63, 3.8) is 0 Å². The molecule has 0 saturated carbocycles. The van der Waals surface area contributed by atoms with Crippen molar-refractivity contribution in [2.24, 2.45) is 11.1 Å². The Balaban J connectivity index is 3.15. The molecule has 0 aliphatic rings. The highest BCUT2D eigenvalue weighted by Crippen LogP contribution is 2.23. The van der Waals surface area contributed by atoms with Gasteiger partial charge in [-0.05, 0) is 36.6 Å². The molecule has 0 aromatic heterocycles. The summed E-state index contributed by atoms with van der Waals surface area (Å²) in [4.78, 5) is -0.0183. The van der Waals surface area contributed by atoms with Crippen molar-refractivity contribution >= 4 is 10.0 Å². The maximum atomic E-state index is 13.6. The summed E-state index contributed by atoms with van der Waals surface area (Å²) in [5, 5.41) is 0. The highest BCUT2D eigenvalue weighted by atomic mass is 32.2. The van der Waals surface area contributed by atoms with Crippen LogP contribution in [0.2, 0.25) is 0 Å². The van der Waals surface area contributed by atoms with Gasteiger partial charge in [0.25, 0.3) is 0 Å². The van der Waals surface area contributed by atoms with Crippen LogP contribution in [0.5, 0.6) is 0 Å². The van der Waals surface area contributed by atoms with Gasteiger partial charge < -0.3 is 5.73 Å². The van der Waals surface area contributed by atoms with E-state index in [1.54, 1.807) is 13.8 Å².